The molecule has 2 aromatic rings. The first-order chi connectivity index (χ1) is 11.3. The molecule has 2 rings (SSSR count). The van der Waals surface area contributed by atoms with Crippen molar-refractivity contribution in [2.75, 3.05) is 6.54 Å². The van der Waals surface area contributed by atoms with Crippen LogP contribution in [0.25, 0.3) is 5.69 Å². The summed E-state index contributed by atoms with van der Waals surface area (Å²) in [6.45, 7) is 10.3. The molecule has 0 radical (unpaired) electrons. The molecule has 0 aliphatic heterocycles. The van der Waals surface area contributed by atoms with Crippen LogP contribution < -0.4 is 5.32 Å². The third-order valence-electron chi connectivity index (χ3n) is 3.93. The van der Waals surface area contributed by atoms with Crippen molar-refractivity contribution in [1.82, 2.24) is 15.1 Å². The lowest BCUT2D eigenvalue weighted by molar-refractivity contribution is 0.0934. The largest absolute Gasteiger partial charge is 0.393 e. The van der Waals surface area contributed by atoms with E-state index >= 15 is 0 Å². The number of hydrogen-bond donors (Lipinski definition) is 2. The average Bonchev–Trinajstić information content (AvgIpc) is 2.85. The minimum absolute atomic E-state index is 0.182. The van der Waals surface area contributed by atoms with Gasteiger partial charge in [-0.3, -0.25) is 4.79 Å². The summed E-state index contributed by atoms with van der Waals surface area (Å²) in [4.78, 5) is 12.3. The van der Waals surface area contributed by atoms with Gasteiger partial charge >= 0.3 is 0 Å². The summed E-state index contributed by atoms with van der Waals surface area (Å²) >= 11 is 0. The highest BCUT2D eigenvalue weighted by Gasteiger charge is 2.15. The van der Waals surface area contributed by atoms with E-state index in [9.17, 15) is 9.90 Å². The van der Waals surface area contributed by atoms with E-state index in [0.717, 1.165) is 22.5 Å². The van der Waals surface area contributed by atoms with Gasteiger partial charge in [0.05, 0.1) is 11.8 Å². The summed E-state index contributed by atoms with van der Waals surface area (Å²) in [5, 5.41) is 16.7. The molecule has 0 fully saturated rings. The third-order valence-corrected chi connectivity index (χ3v) is 3.93. The van der Waals surface area contributed by atoms with Crippen molar-refractivity contribution in [3.05, 3.63) is 46.8 Å². The van der Waals surface area contributed by atoms with Gasteiger partial charge in [-0.2, -0.15) is 5.10 Å². The minimum Gasteiger partial charge on any atom is -0.393 e. The topological polar surface area (TPSA) is 67.2 Å². The normalized spacial score (nSPS) is 13.6. The lowest BCUT2D eigenvalue weighted by atomic mass is 10.0. The lowest BCUT2D eigenvalue weighted by Crippen LogP contribution is -2.29. The van der Waals surface area contributed by atoms with E-state index in [1.165, 1.54) is 0 Å². The van der Waals surface area contributed by atoms with Crippen LogP contribution in [-0.2, 0) is 0 Å². The second-order valence-electron chi connectivity index (χ2n) is 6.83. The number of aromatic nitrogens is 2. The molecule has 2 N–H and O–H groups in total. The van der Waals surface area contributed by atoms with Crippen molar-refractivity contribution in [2.24, 2.45) is 5.92 Å². The smallest absolute Gasteiger partial charge is 0.271 e. The molecule has 2 atom stereocenters. The van der Waals surface area contributed by atoms with Crippen molar-refractivity contribution in [2.45, 2.75) is 47.1 Å². The Hall–Kier alpha value is -2.14. The first kappa shape index (κ1) is 18.2. The highest BCUT2D eigenvalue weighted by atomic mass is 16.3. The predicted octanol–water partition coefficient (Wildman–Crippen LogP) is 2.93. The first-order valence-electron chi connectivity index (χ1n) is 8.38. The Morgan fingerprint density at radius 2 is 1.79 bits per heavy atom. The standard InChI is InChI=1S/C19H27N3O2/c1-12-6-13(2)9-17(8-12)22-15(4)10-18(21-22)19(24)20-11-14(3)7-16(5)23/h6,8-10,14,16,23H,7,11H2,1-5H3,(H,20,24). The average molecular weight is 329 g/mol. The molecule has 2 unspecified atom stereocenters. The van der Waals surface area contributed by atoms with Crippen LogP contribution in [0.5, 0.6) is 0 Å². The van der Waals surface area contributed by atoms with E-state index in [1.807, 2.05) is 27.7 Å². The summed E-state index contributed by atoms with van der Waals surface area (Å²) in [6, 6.07) is 8.02. The Labute approximate surface area is 143 Å². The van der Waals surface area contributed by atoms with Gasteiger partial charge in [0.1, 0.15) is 0 Å². The fourth-order valence-electron chi connectivity index (χ4n) is 2.94. The Balaban J connectivity index is 2.12. The first-order valence-corrected chi connectivity index (χ1v) is 8.38. The van der Waals surface area contributed by atoms with E-state index in [-0.39, 0.29) is 17.9 Å². The van der Waals surface area contributed by atoms with E-state index in [2.05, 4.69) is 28.6 Å². The van der Waals surface area contributed by atoms with Crippen LogP contribution in [0.3, 0.4) is 0 Å². The van der Waals surface area contributed by atoms with E-state index in [1.54, 1.807) is 17.7 Å². The highest BCUT2D eigenvalue weighted by molar-refractivity contribution is 5.92. The molecule has 5 nitrogen and oxygen atoms in total. The summed E-state index contributed by atoms with van der Waals surface area (Å²) in [6.07, 6.45) is 0.305. The van der Waals surface area contributed by atoms with Crippen LogP contribution >= 0.6 is 0 Å². The molecule has 1 amide bonds. The van der Waals surface area contributed by atoms with Gasteiger partial charge < -0.3 is 10.4 Å². The summed E-state index contributed by atoms with van der Waals surface area (Å²) in [5.41, 5.74) is 4.63. The maximum atomic E-state index is 12.3. The third kappa shape index (κ3) is 4.68. The fraction of sp³-hybridized carbons (Fsp3) is 0.474. The number of nitrogens with zero attached hydrogens (tertiary/aromatic N) is 2. The van der Waals surface area contributed by atoms with E-state index < -0.39 is 0 Å². The fourth-order valence-corrected chi connectivity index (χ4v) is 2.94. The van der Waals surface area contributed by atoms with Crippen molar-refractivity contribution < 1.29 is 9.90 Å². The number of carbonyl (C=O) groups is 1. The van der Waals surface area contributed by atoms with Gasteiger partial charge in [0.25, 0.3) is 5.91 Å². The van der Waals surface area contributed by atoms with Gasteiger partial charge in [0.2, 0.25) is 0 Å². The Morgan fingerprint density at radius 3 is 2.38 bits per heavy atom. The van der Waals surface area contributed by atoms with Gasteiger partial charge in [-0.25, -0.2) is 4.68 Å². The van der Waals surface area contributed by atoms with Crippen LogP contribution in [0.2, 0.25) is 0 Å². The zero-order valence-electron chi connectivity index (χ0n) is 15.1. The number of hydrogen-bond acceptors (Lipinski definition) is 3. The van der Waals surface area contributed by atoms with Crippen LogP contribution in [0.1, 0.15) is 47.6 Å². The highest BCUT2D eigenvalue weighted by Crippen LogP contribution is 2.16. The maximum Gasteiger partial charge on any atom is 0.271 e. The Bertz CT molecular complexity index is 699. The summed E-state index contributed by atoms with van der Waals surface area (Å²) < 4.78 is 1.80. The van der Waals surface area contributed by atoms with Crippen LogP contribution in [0.4, 0.5) is 0 Å². The molecule has 1 aromatic heterocycles. The number of amides is 1. The van der Waals surface area contributed by atoms with Crippen LogP contribution in [0, 0.1) is 26.7 Å². The molecule has 0 aliphatic rings. The second-order valence-corrected chi connectivity index (χ2v) is 6.83. The molecule has 0 aliphatic carbocycles. The number of benzene rings is 1. The van der Waals surface area contributed by atoms with E-state index in [0.29, 0.717) is 18.7 Å². The van der Waals surface area contributed by atoms with Crippen molar-refractivity contribution in [3.63, 3.8) is 0 Å². The molecule has 1 heterocycles. The molecule has 0 bridgehead atoms. The summed E-state index contributed by atoms with van der Waals surface area (Å²) in [7, 11) is 0. The van der Waals surface area contributed by atoms with Gasteiger partial charge in [0.15, 0.2) is 5.69 Å². The Morgan fingerprint density at radius 1 is 1.17 bits per heavy atom. The number of aryl methyl sites for hydroxylation is 3. The molecule has 1 aromatic carbocycles. The van der Waals surface area contributed by atoms with Crippen LogP contribution in [-0.4, -0.2) is 33.4 Å². The van der Waals surface area contributed by atoms with Crippen molar-refractivity contribution in [1.29, 1.82) is 0 Å². The number of rotatable bonds is 6. The SMILES string of the molecule is Cc1cc(C)cc(-n2nc(C(=O)NCC(C)CC(C)O)cc2C)c1. The zero-order chi connectivity index (χ0) is 17.9. The van der Waals surface area contributed by atoms with E-state index in [4.69, 9.17) is 0 Å². The van der Waals surface area contributed by atoms with Gasteiger partial charge in [-0.05, 0) is 69.4 Å². The van der Waals surface area contributed by atoms with Gasteiger partial charge in [-0.15, -0.1) is 0 Å². The molecule has 130 valence electrons. The minimum atomic E-state index is -0.358. The lowest BCUT2D eigenvalue weighted by Gasteiger charge is -2.13. The number of aliphatic hydroxyl groups is 1. The number of aliphatic hydroxyl groups excluding tert-OH is 1. The van der Waals surface area contributed by atoms with Crippen molar-refractivity contribution >= 4 is 5.91 Å². The zero-order valence-corrected chi connectivity index (χ0v) is 15.1. The molecular weight excluding hydrogens is 302 g/mol. The predicted molar refractivity (Wildman–Crippen MR) is 95.6 cm³/mol. The monoisotopic (exact) mass is 329 g/mol. The van der Waals surface area contributed by atoms with Gasteiger partial charge in [-0.1, -0.05) is 13.0 Å². The van der Waals surface area contributed by atoms with Gasteiger partial charge in [0, 0.05) is 12.2 Å². The Kier molecular flexibility index (Phi) is 5.78. The summed E-state index contributed by atoms with van der Waals surface area (Å²) in [5.74, 6) is 0.0372. The molecule has 0 saturated heterocycles. The van der Waals surface area contributed by atoms with Crippen LogP contribution in [0.15, 0.2) is 24.3 Å². The molecule has 24 heavy (non-hydrogen) atoms. The quantitative estimate of drug-likeness (QED) is 0.856. The molecular formula is C19H27N3O2. The number of nitrogens with one attached hydrogen (secondary N) is 1. The second kappa shape index (κ2) is 7.62. The number of carbonyl (C=O) groups excluding carboxylic acids is 1. The molecule has 0 spiro atoms. The maximum absolute atomic E-state index is 12.3. The molecule has 0 saturated carbocycles. The molecule has 5 heteroatoms. The van der Waals surface area contributed by atoms with Crippen molar-refractivity contribution in [3.8, 4) is 5.69 Å².